The molecule has 0 aliphatic heterocycles. The van der Waals surface area contributed by atoms with E-state index in [1.165, 1.54) is 26.7 Å². The van der Waals surface area contributed by atoms with Crippen LogP contribution < -0.4 is 10.3 Å². The molecule has 2 heterocycles. The molecule has 0 saturated heterocycles. The Labute approximate surface area is 286 Å². The van der Waals surface area contributed by atoms with Crippen molar-refractivity contribution in [3.63, 3.8) is 0 Å². The first-order valence-electron chi connectivity index (χ1n) is 15.5. The second kappa shape index (κ2) is 26.3. The van der Waals surface area contributed by atoms with Crippen LogP contribution in [0.2, 0.25) is 0 Å². The normalized spacial score (nSPS) is 12.3. The van der Waals surface area contributed by atoms with Gasteiger partial charge in [-0.3, -0.25) is 14.4 Å². The average Bonchev–Trinajstić information content (AvgIpc) is 3.70. The summed E-state index contributed by atoms with van der Waals surface area (Å²) in [5.74, 6) is -0.532. The monoisotopic (exact) mass is 738 g/mol. The highest BCUT2D eigenvalue weighted by atomic mass is 79.9. The summed E-state index contributed by atoms with van der Waals surface area (Å²) in [6, 6.07) is 2.91. The molecule has 0 amide bonds. The molecule has 0 radical (unpaired) electrons. The highest BCUT2D eigenvalue weighted by Gasteiger charge is 2.30. The highest BCUT2D eigenvalue weighted by molar-refractivity contribution is 9.09. The van der Waals surface area contributed by atoms with E-state index in [-0.39, 0.29) is 35.9 Å². The summed E-state index contributed by atoms with van der Waals surface area (Å²) < 4.78 is 45.3. The van der Waals surface area contributed by atoms with Crippen LogP contribution >= 0.6 is 15.9 Å². The molecule has 2 unspecified atom stereocenters. The number of nitrogens with one attached hydrogen (secondary N) is 1. The standard InChI is InChI=1S/C16H27NO6.C9H13NO4.C7H15BrO2/c1-11(2)15(16(18)21-5)12-10-13(17-23-12)22-9-7-6-8-14(19-3)20-4;1-5(2)8(9(12)13-3)6-4-7(11)10-14-6;1-9-7(10-2)5-3-4-6-8/h10-11,14-15H,6-9H2,1-5H3;4-5,8H,1-3H3,(H,10,11);7H,3-6H2,1-2H3. The van der Waals surface area contributed by atoms with E-state index in [4.69, 9.17) is 37.5 Å². The molecule has 14 nitrogen and oxygen atoms in total. The zero-order chi connectivity index (χ0) is 35.8. The maximum atomic E-state index is 11.8. The molecule has 0 bridgehead atoms. The molecule has 2 rings (SSSR count). The molecule has 0 aliphatic rings. The van der Waals surface area contributed by atoms with Gasteiger partial charge in [-0.1, -0.05) is 43.6 Å². The number of ether oxygens (including phenoxy) is 7. The first-order valence-corrected chi connectivity index (χ1v) is 16.7. The fourth-order valence-electron chi connectivity index (χ4n) is 4.28. The Kier molecular flexibility index (Phi) is 24.7. The molecule has 0 aromatic carbocycles. The van der Waals surface area contributed by atoms with E-state index in [0.717, 1.165) is 37.4 Å². The van der Waals surface area contributed by atoms with E-state index in [1.807, 2.05) is 27.7 Å². The number of hydrogen-bond donors (Lipinski definition) is 1. The fraction of sp³-hybridized carbons (Fsp3) is 0.750. The largest absolute Gasteiger partial charge is 0.476 e. The molecule has 0 fully saturated rings. The third kappa shape index (κ3) is 17.8. The molecule has 0 spiro atoms. The van der Waals surface area contributed by atoms with Crippen molar-refractivity contribution in [1.29, 1.82) is 0 Å². The molecular formula is C32H55BrN2O12. The number of H-pyrrole nitrogens is 1. The maximum absolute atomic E-state index is 11.8. The van der Waals surface area contributed by atoms with Crippen molar-refractivity contribution in [1.82, 2.24) is 10.3 Å². The van der Waals surface area contributed by atoms with E-state index in [9.17, 15) is 14.4 Å². The van der Waals surface area contributed by atoms with Crippen LogP contribution in [0.1, 0.15) is 89.6 Å². The van der Waals surface area contributed by atoms with Crippen LogP contribution in [-0.4, -0.2) is 89.4 Å². The number of unbranched alkanes of at least 4 members (excludes halogenated alkanes) is 2. The Bertz CT molecular complexity index is 1130. The number of halogens is 1. The Morgan fingerprint density at radius 1 is 0.766 bits per heavy atom. The zero-order valence-electron chi connectivity index (χ0n) is 29.5. The minimum Gasteiger partial charge on any atom is -0.476 e. The minimum absolute atomic E-state index is 0.0148. The Hall–Kier alpha value is -2.72. The van der Waals surface area contributed by atoms with Gasteiger partial charge in [0.25, 0.3) is 11.4 Å². The number of carbonyl (C=O) groups is 2. The first-order chi connectivity index (χ1) is 22.4. The average molecular weight is 740 g/mol. The highest BCUT2D eigenvalue weighted by Crippen LogP contribution is 2.28. The van der Waals surface area contributed by atoms with E-state index < -0.39 is 17.8 Å². The summed E-state index contributed by atoms with van der Waals surface area (Å²) in [5, 5.41) is 7.05. The Balaban J connectivity index is 0.000000748. The lowest BCUT2D eigenvalue weighted by molar-refractivity contribution is -0.145. The zero-order valence-corrected chi connectivity index (χ0v) is 31.1. The topological polar surface area (TPSA) is 171 Å². The van der Waals surface area contributed by atoms with Gasteiger partial charge in [-0.2, -0.15) is 5.16 Å². The van der Waals surface area contributed by atoms with Gasteiger partial charge in [-0.05, 0) is 55.5 Å². The first kappa shape index (κ1) is 44.3. The number of methoxy groups -OCH3 is 6. The van der Waals surface area contributed by atoms with Crippen LogP contribution in [0.3, 0.4) is 0 Å². The number of rotatable bonds is 20. The summed E-state index contributed by atoms with van der Waals surface area (Å²) in [5.41, 5.74) is -0.352. The molecule has 15 heteroatoms. The van der Waals surface area contributed by atoms with Gasteiger partial charge >= 0.3 is 11.9 Å². The summed E-state index contributed by atoms with van der Waals surface area (Å²) in [7, 11) is 9.24. The van der Waals surface area contributed by atoms with Gasteiger partial charge in [-0.25, -0.2) is 0 Å². The number of hydrogen-bond acceptors (Lipinski definition) is 13. The van der Waals surface area contributed by atoms with Crippen LogP contribution in [0, 0.1) is 11.8 Å². The molecule has 47 heavy (non-hydrogen) atoms. The number of aromatic nitrogens is 2. The van der Waals surface area contributed by atoms with Crippen molar-refractivity contribution in [2.24, 2.45) is 11.8 Å². The maximum Gasteiger partial charge on any atom is 0.316 e. The van der Waals surface area contributed by atoms with Gasteiger partial charge in [0.2, 0.25) is 0 Å². The van der Waals surface area contributed by atoms with Crippen molar-refractivity contribution in [3.05, 3.63) is 34.0 Å². The second-order valence-corrected chi connectivity index (χ2v) is 11.8. The Morgan fingerprint density at radius 2 is 1.26 bits per heavy atom. The van der Waals surface area contributed by atoms with Crippen molar-refractivity contribution >= 4 is 27.9 Å². The second-order valence-electron chi connectivity index (χ2n) is 11.0. The van der Waals surface area contributed by atoms with Gasteiger partial charge < -0.3 is 42.2 Å². The van der Waals surface area contributed by atoms with Gasteiger partial charge in [0.1, 0.15) is 11.8 Å². The fourth-order valence-corrected chi connectivity index (χ4v) is 4.68. The summed E-state index contributed by atoms with van der Waals surface area (Å²) in [6.07, 6.45) is 5.68. The van der Waals surface area contributed by atoms with E-state index in [2.05, 4.69) is 31.0 Å². The van der Waals surface area contributed by atoms with Gasteiger partial charge in [0.05, 0.1) is 20.8 Å². The predicted octanol–water partition coefficient (Wildman–Crippen LogP) is 5.81. The molecule has 2 atom stereocenters. The summed E-state index contributed by atoms with van der Waals surface area (Å²) in [4.78, 5) is 34.0. The Morgan fingerprint density at radius 3 is 1.66 bits per heavy atom. The van der Waals surface area contributed by atoms with Crippen LogP contribution in [0.15, 0.2) is 26.0 Å². The molecule has 0 aliphatic carbocycles. The molecular weight excluding hydrogens is 684 g/mol. The molecule has 2 aromatic rings. The van der Waals surface area contributed by atoms with Crippen LogP contribution in [0.5, 0.6) is 5.88 Å². The summed E-state index contributed by atoms with van der Waals surface area (Å²) >= 11 is 3.36. The van der Waals surface area contributed by atoms with Crippen molar-refractivity contribution in [2.45, 2.75) is 90.6 Å². The molecule has 0 saturated carbocycles. The minimum atomic E-state index is -0.529. The van der Waals surface area contributed by atoms with Crippen molar-refractivity contribution in [3.8, 4) is 5.88 Å². The lowest BCUT2D eigenvalue weighted by atomic mass is 9.93. The quantitative estimate of drug-likeness (QED) is 0.0748. The number of aromatic amines is 1. The number of nitrogens with zero attached hydrogens (tertiary/aromatic N) is 1. The summed E-state index contributed by atoms with van der Waals surface area (Å²) in [6.45, 7) is 8.07. The van der Waals surface area contributed by atoms with Crippen molar-refractivity contribution in [2.75, 3.05) is 54.6 Å². The third-order valence-electron chi connectivity index (χ3n) is 6.87. The molecule has 272 valence electrons. The predicted molar refractivity (Wildman–Crippen MR) is 178 cm³/mol. The number of esters is 2. The van der Waals surface area contributed by atoms with Gasteiger partial charge in [0.15, 0.2) is 24.1 Å². The number of alkyl halides is 1. The smallest absolute Gasteiger partial charge is 0.316 e. The van der Waals surface area contributed by atoms with Gasteiger partial charge in [0, 0.05) is 45.9 Å². The van der Waals surface area contributed by atoms with Crippen LogP contribution in [-0.2, 0) is 38.0 Å². The van der Waals surface area contributed by atoms with Gasteiger partial charge in [-0.15, -0.1) is 0 Å². The number of carbonyl (C=O) groups excluding carboxylic acids is 2. The molecule has 1 N–H and O–H groups in total. The van der Waals surface area contributed by atoms with Crippen LogP contribution in [0.4, 0.5) is 0 Å². The lowest BCUT2D eigenvalue weighted by Crippen LogP contribution is -2.19. The third-order valence-corrected chi connectivity index (χ3v) is 7.43. The van der Waals surface area contributed by atoms with E-state index in [1.54, 1.807) is 34.5 Å². The lowest BCUT2D eigenvalue weighted by Gasteiger charge is -2.14. The van der Waals surface area contributed by atoms with E-state index in [0.29, 0.717) is 24.0 Å². The van der Waals surface area contributed by atoms with Crippen molar-refractivity contribution < 1.29 is 51.8 Å². The van der Waals surface area contributed by atoms with E-state index >= 15 is 0 Å². The molecule has 2 aromatic heterocycles. The SMILES string of the molecule is COC(=O)C(c1cc(=O)[nH]o1)C(C)C.COC(=O)C(c1cc(OCCCCC(OC)OC)no1)C(C)C.COC(CCCCBr)OC. The van der Waals surface area contributed by atoms with Crippen LogP contribution in [0.25, 0.3) is 0 Å².